The molecule has 0 radical (unpaired) electrons. The van der Waals surface area contributed by atoms with Crippen LogP contribution in [0.2, 0.25) is 0 Å². The Hall–Kier alpha value is -1.24. The lowest BCUT2D eigenvalue weighted by atomic mass is 9.87. The number of nitrogens with one attached hydrogen (secondary N) is 1. The number of aldehydes is 1. The van der Waals surface area contributed by atoms with E-state index in [0.29, 0.717) is 12.3 Å². The fourth-order valence-electron chi connectivity index (χ4n) is 2.70. The van der Waals surface area contributed by atoms with Crippen LogP contribution in [0.4, 0.5) is 4.39 Å². The van der Waals surface area contributed by atoms with Crippen LogP contribution in [0, 0.1) is 5.82 Å². The standard InChI is InChI=1S/C14H19FO.C7H12N2S2/c1-9(2)13-7-11(15)8-14(10(3)4)12(13)5-6-16;1-5(2)6-4-9-7(10-6)11-8-3/h6-10H,5H2,1-4H3;4-5,8H,1-3H3. The highest BCUT2D eigenvalue weighted by atomic mass is 32.2. The van der Waals surface area contributed by atoms with Crippen molar-refractivity contribution in [3.8, 4) is 0 Å². The zero-order chi connectivity index (χ0) is 20.6. The minimum atomic E-state index is -0.206. The molecule has 150 valence electrons. The molecule has 0 saturated heterocycles. The summed E-state index contributed by atoms with van der Waals surface area (Å²) in [7, 11) is 1.90. The third-order valence-electron chi connectivity index (χ3n) is 4.08. The minimum absolute atomic E-state index is 0.206. The van der Waals surface area contributed by atoms with E-state index in [4.69, 9.17) is 0 Å². The van der Waals surface area contributed by atoms with Gasteiger partial charge in [0.1, 0.15) is 12.1 Å². The second-order valence-electron chi connectivity index (χ2n) is 7.23. The Morgan fingerprint density at radius 1 is 1.11 bits per heavy atom. The number of benzene rings is 1. The van der Waals surface area contributed by atoms with Crippen LogP contribution in [-0.2, 0) is 11.2 Å². The lowest BCUT2D eigenvalue weighted by Gasteiger charge is -2.18. The molecule has 0 aliphatic rings. The Labute approximate surface area is 171 Å². The summed E-state index contributed by atoms with van der Waals surface area (Å²) in [5, 5.41) is 0. The van der Waals surface area contributed by atoms with Crippen LogP contribution >= 0.6 is 23.3 Å². The molecule has 6 heteroatoms. The summed E-state index contributed by atoms with van der Waals surface area (Å²) in [4.78, 5) is 16.3. The van der Waals surface area contributed by atoms with E-state index in [9.17, 15) is 9.18 Å². The minimum Gasteiger partial charge on any atom is -0.303 e. The largest absolute Gasteiger partial charge is 0.303 e. The molecule has 2 rings (SSSR count). The van der Waals surface area contributed by atoms with Gasteiger partial charge in [0.2, 0.25) is 0 Å². The quantitative estimate of drug-likeness (QED) is 0.429. The molecule has 0 aliphatic carbocycles. The lowest BCUT2D eigenvalue weighted by molar-refractivity contribution is -0.107. The third-order valence-corrected chi connectivity index (χ3v) is 6.15. The lowest BCUT2D eigenvalue weighted by Crippen LogP contribution is -2.05. The maximum Gasteiger partial charge on any atom is 0.165 e. The molecular formula is C21H31FN2OS2. The van der Waals surface area contributed by atoms with Crippen LogP contribution in [0.3, 0.4) is 0 Å². The number of hydrogen-bond donors (Lipinski definition) is 1. The molecule has 3 nitrogen and oxygen atoms in total. The number of aromatic nitrogens is 1. The van der Waals surface area contributed by atoms with Gasteiger partial charge in [-0.1, -0.05) is 41.5 Å². The molecule has 0 spiro atoms. The van der Waals surface area contributed by atoms with Gasteiger partial charge in [0.15, 0.2) is 4.34 Å². The number of thiazole rings is 1. The number of rotatable bonds is 7. The fourth-order valence-corrected chi connectivity index (χ4v) is 4.33. The van der Waals surface area contributed by atoms with Crippen LogP contribution in [0.5, 0.6) is 0 Å². The number of carbonyl (C=O) groups is 1. The average molecular weight is 411 g/mol. The van der Waals surface area contributed by atoms with Gasteiger partial charge in [0, 0.05) is 17.5 Å². The summed E-state index contributed by atoms with van der Waals surface area (Å²) in [6.07, 6.45) is 3.22. The Morgan fingerprint density at radius 3 is 2.04 bits per heavy atom. The summed E-state index contributed by atoms with van der Waals surface area (Å²) >= 11 is 3.33. The van der Waals surface area contributed by atoms with Crippen molar-refractivity contribution in [2.24, 2.45) is 0 Å². The predicted octanol–water partition coefficient (Wildman–Crippen LogP) is 6.31. The smallest absolute Gasteiger partial charge is 0.165 e. The van der Waals surface area contributed by atoms with Crippen LogP contribution in [0.1, 0.15) is 80.9 Å². The molecule has 1 heterocycles. The Bertz CT molecular complexity index is 698. The molecule has 0 aliphatic heterocycles. The second kappa shape index (κ2) is 11.6. The molecule has 1 N–H and O–H groups in total. The van der Waals surface area contributed by atoms with Gasteiger partial charge in [-0.05, 0) is 65.6 Å². The van der Waals surface area contributed by atoms with Gasteiger partial charge in [-0.3, -0.25) is 4.72 Å². The number of hydrogen-bond acceptors (Lipinski definition) is 5. The SMILES string of the molecule is CC(C)c1cc(F)cc(C(C)C)c1CC=O.CNSc1ncc(C(C)C)s1. The molecule has 0 bridgehead atoms. The first kappa shape index (κ1) is 23.8. The van der Waals surface area contributed by atoms with Crippen molar-refractivity contribution in [3.05, 3.63) is 45.7 Å². The van der Waals surface area contributed by atoms with Gasteiger partial charge in [-0.15, -0.1) is 11.3 Å². The van der Waals surface area contributed by atoms with Crippen molar-refractivity contribution in [2.45, 2.75) is 70.1 Å². The third kappa shape index (κ3) is 7.35. The highest BCUT2D eigenvalue weighted by Gasteiger charge is 2.15. The second-order valence-corrected chi connectivity index (χ2v) is 9.55. The van der Waals surface area contributed by atoms with Crippen molar-refractivity contribution >= 4 is 29.6 Å². The highest BCUT2D eigenvalue weighted by molar-refractivity contribution is 7.99. The van der Waals surface area contributed by atoms with Gasteiger partial charge in [-0.25, -0.2) is 9.37 Å². The normalized spacial score (nSPS) is 11.1. The molecule has 0 atom stereocenters. The maximum atomic E-state index is 13.5. The Morgan fingerprint density at radius 2 is 1.67 bits per heavy atom. The number of nitrogens with zero attached hydrogens (tertiary/aromatic N) is 1. The topological polar surface area (TPSA) is 42.0 Å². The summed E-state index contributed by atoms with van der Waals surface area (Å²) < 4.78 is 17.6. The maximum absolute atomic E-state index is 13.5. The van der Waals surface area contributed by atoms with Crippen molar-refractivity contribution < 1.29 is 9.18 Å². The molecule has 27 heavy (non-hydrogen) atoms. The monoisotopic (exact) mass is 410 g/mol. The summed E-state index contributed by atoms with van der Waals surface area (Å²) in [6, 6.07) is 3.10. The van der Waals surface area contributed by atoms with E-state index in [0.717, 1.165) is 27.3 Å². The van der Waals surface area contributed by atoms with Gasteiger partial charge in [0.25, 0.3) is 0 Å². The van der Waals surface area contributed by atoms with E-state index in [2.05, 4.69) is 23.6 Å². The van der Waals surface area contributed by atoms with Crippen LogP contribution in [-0.4, -0.2) is 18.3 Å². The number of halogens is 1. The average Bonchev–Trinajstić information content (AvgIpc) is 3.06. The summed E-state index contributed by atoms with van der Waals surface area (Å²) in [5.74, 6) is 0.868. The molecular weight excluding hydrogens is 379 g/mol. The zero-order valence-electron chi connectivity index (χ0n) is 17.3. The van der Waals surface area contributed by atoms with Crippen molar-refractivity contribution in [1.82, 2.24) is 9.71 Å². The zero-order valence-corrected chi connectivity index (χ0v) is 18.9. The summed E-state index contributed by atoms with van der Waals surface area (Å²) in [6.45, 7) is 12.4. The van der Waals surface area contributed by atoms with E-state index in [1.165, 1.54) is 4.88 Å². The highest BCUT2D eigenvalue weighted by Crippen LogP contribution is 2.29. The van der Waals surface area contributed by atoms with Gasteiger partial charge in [0.05, 0.1) is 0 Å². The molecule has 0 amide bonds. The first-order chi connectivity index (χ1) is 12.7. The molecule has 0 saturated carbocycles. The molecule has 1 aromatic heterocycles. The summed E-state index contributed by atoms with van der Waals surface area (Å²) in [5.41, 5.74) is 2.91. The van der Waals surface area contributed by atoms with E-state index in [1.54, 1.807) is 35.4 Å². The van der Waals surface area contributed by atoms with Crippen molar-refractivity contribution in [3.63, 3.8) is 0 Å². The van der Waals surface area contributed by atoms with E-state index in [1.807, 2.05) is 40.9 Å². The van der Waals surface area contributed by atoms with Gasteiger partial charge in [-0.2, -0.15) is 0 Å². The molecule has 0 unspecified atom stereocenters. The first-order valence-corrected chi connectivity index (χ1v) is 10.9. The van der Waals surface area contributed by atoms with E-state index >= 15 is 0 Å². The van der Waals surface area contributed by atoms with Crippen molar-refractivity contribution in [2.75, 3.05) is 7.05 Å². The fraction of sp³-hybridized carbons (Fsp3) is 0.524. The molecule has 2 aromatic rings. The molecule has 1 aromatic carbocycles. The molecule has 0 fully saturated rings. The van der Waals surface area contributed by atoms with Crippen LogP contribution in [0.15, 0.2) is 22.7 Å². The van der Waals surface area contributed by atoms with E-state index in [-0.39, 0.29) is 17.7 Å². The Kier molecular flexibility index (Phi) is 10.2. The van der Waals surface area contributed by atoms with Crippen LogP contribution in [0.25, 0.3) is 0 Å². The van der Waals surface area contributed by atoms with Crippen LogP contribution < -0.4 is 4.72 Å². The van der Waals surface area contributed by atoms with E-state index < -0.39 is 0 Å². The van der Waals surface area contributed by atoms with Crippen molar-refractivity contribution in [1.29, 1.82) is 0 Å². The predicted molar refractivity (Wildman–Crippen MR) is 115 cm³/mol. The van der Waals surface area contributed by atoms with Gasteiger partial charge < -0.3 is 4.79 Å². The van der Waals surface area contributed by atoms with Gasteiger partial charge >= 0.3 is 0 Å². The number of carbonyl (C=O) groups excluding carboxylic acids is 1. The first-order valence-electron chi connectivity index (χ1n) is 9.26. The Balaban J connectivity index is 0.000000289.